The van der Waals surface area contributed by atoms with Crippen molar-refractivity contribution in [3.05, 3.63) is 106 Å². The molecule has 3 aromatic carbocycles. The Labute approximate surface area is 181 Å². The van der Waals surface area contributed by atoms with Gasteiger partial charge in [0.15, 0.2) is 0 Å². The zero-order valence-electron chi connectivity index (χ0n) is 17.1. The van der Waals surface area contributed by atoms with Gasteiger partial charge in [-0.1, -0.05) is 72.8 Å². The van der Waals surface area contributed by atoms with Gasteiger partial charge >= 0.3 is 0 Å². The minimum Gasteiger partial charge on any atom is -0.396 e. The van der Waals surface area contributed by atoms with Gasteiger partial charge in [-0.15, -0.1) is 0 Å². The van der Waals surface area contributed by atoms with Crippen LogP contribution in [0.25, 0.3) is 0 Å². The molecule has 3 rings (SSSR count). The summed E-state index contributed by atoms with van der Waals surface area (Å²) in [6.45, 7) is 0.494. The highest BCUT2D eigenvalue weighted by molar-refractivity contribution is 5.94. The Morgan fingerprint density at radius 2 is 1.48 bits per heavy atom. The number of hydrogen-bond donors (Lipinski definition) is 2. The van der Waals surface area contributed by atoms with Crippen molar-refractivity contribution in [2.75, 3.05) is 25.0 Å². The van der Waals surface area contributed by atoms with Crippen molar-refractivity contribution in [1.29, 1.82) is 0 Å². The van der Waals surface area contributed by atoms with E-state index in [0.717, 1.165) is 11.1 Å². The molecule has 1 amide bonds. The first-order chi connectivity index (χ1) is 15.1. The number of aliphatic hydroxyl groups is 1. The topological polar surface area (TPSA) is 95.7 Å². The number of hydrogen-bond acceptors (Lipinski definition) is 5. The van der Waals surface area contributed by atoms with Crippen molar-refractivity contribution in [1.82, 2.24) is 4.90 Å². The predicted molar refractivity (Wildman–Crippen MR) is 120 cm³/mol. The molecule has 160 valence electrons. The van der Waals surface area contributed by atoms with Gasteiger partial charge in [-0.05, 0) is 23.6 Å². The van der Waals surface area contributed by atoms with E-state index in [-0.39, 0.29) is 36.5 Å². The minimum absolute atomic E-state index is 0.00141. The molecule has 0 aliphatic carbocycles. The summed E-state index contributed by atoms with van der Waals surface area (Å²) in [5.41, 5.74) is 2.05. The summed E-state index contributed by atoms with van der Waals surface area (Å²) in [5.74, 6) is -0.357. The zero-order chi connectivity index (χ0) is 22.1. The van der Waals surface area contributed by atoms with Crippen LogP contribution < -0.4 is 5.32 Å². The third-order valence-corrected chi connectivity index (χ3v) is 4.92. The minimum atomic E-state index is -0.518. The van der Waals surface area contributed by atoms with Gasteiger partial charge in [-0.25, -0.2) is 0 Å². The summed E-state index contributed by atoms with van der Waals surface area (Å²) in [5, 5.41) is 23.3. The number of para-hydroxylation sites is 2. The molecule has 0 radical (unpaired) electrons. The Kier molecular flexibility index (Phi) is 7.86. The molecule has 0 spiro atoms. The van der Waals surface area contributed by atoms with E-state index in [1.807, 2.05) is 65.6 Å². The molecule has 0 fully saturated rings. The monoisotopic (exact) mass is 419 g/mol. The second kappa shape index (κ2) is 11.0. The van der Waals surface area contributed by atoms with Crippen LogP contribution in [0, 0.1) is 10.1 Å². The van der Waals surface area contributed by atoms with E-state index < -0.39 is 4.92 Å². The SMILES string of the molecule is O=C(CN(CCCO)C(c1ccccc1)c1ccccc1)Nc1ccccc1[N+](=O)[O-]. The number of amides is 1. The summed E-state index contributed by atoms with van der Waals surface area (Å²) in [6.07, 6.45) is 0.495. The van der Waals surface area contributed by atoms with Crippen LogP contribution >= 0.6 is 0 Å². The number of benzene rings is 3. The fourth-order valence-corrected chi connectivity index (χ4v) is 3.57. The van der Waals surface area contributed by atoms with Gasteiger partial charge < -0.3 is 10.4 Å². The molecular formula is C24H25N3O4. The maximum absolute atomic E-state index is 12.9. The molecule has 0 bridgehead atoms. The van der Waals surface area contributed by atoms with Gasteiger partial charge in [0.2, 0.25) is 5.91 Å². The van der Waals surface area contributed by atoms with E-state index in [0.29, 0.717) is 13.0 Å². The van der Waals surface area contributed by atoms with Crippen LogP contribution in [-0.2, 0) is 4.79 Å². The van der Waals surface area contributed by atoms with Gasteiger partial charge in [0.25, 0.3) is 5.69 Å². The maximum Gasteiger partial charge on any atom is 0.292 e. The van der Waals surface area contributed by atoms with Crippen LogP contribution in [0.15, 0.2) is 84.9 Å². The van der Waals surface area contributed by atoms with Crippen LogP contribution in [0.2, 0.25) is 0 Å². The van der Waals surface area contributed by atoms with E-state index in [1.165, 1.54) is 12.1 Å². The fourth-order valence-electron chi connectivity index (χ4n) is 3.57. The van der Waals surface area contributed by atoms with E-state index in [2.05, 4.69) is 5.32 Å². The van der Waals surface area contributed by atoms with Crippen molar-refractivity contribution in [2.24, 2.45) is 0 Å². The summed E-state index contributed by atoms with van der Waals surface area (Å²) in [6, 6.07) is 25.5. The number of carbonyl (C=O) groups is 1. The lowest BCUT2D eigenvalue weighted by atomic mass is 9.96. The maximum atomic E-state index is 12.9. The van der Waals surface area contributed by atoms with Gasteiger partial charge in [0.05, 0.1) is 17.5 Å². The first-order valence-corrected chi connectivity index (χ1v) is 10.1. The Morgan fingerprint density at radius 1 is 0.935 bits per heavy atom. The highest BCUT2D eigenvalue weighted by Crippen LogP contribution is 2.29. The molecule has 7 heteroatoms. The zero-order valence-corrected chi connectivity index (χ0v) is 17.1. The first-order valence-electron chi connectivity index (χ1n) is 10.1. The molecule has 7 nitrogen and oxygen atoms in total. The van der Waals surface area contributed by atoms with Crippen LogP contribution in [0.5, 0.6) is 0 Å². The molecule has 0 aliphatic heterocycles. The van der Waals surface area contributed by atoms with Crippen molar-refractivity contribution >= 4 is 17.3 Å². The highest BCUT2D eigenvalue weighted by atomic mass is 16.6. The average molecular weight is 419 g/mol. The number of aliphatic hydroxyl groups excluding tert-OH is 1. The van der Waals surface area contributed by atoms with Crippen LogP contribution in [0.4, 0.5) is 11.4 Å². The van der Waals surface area contributed by atoms with Crippen LogP contribution in [0.3, 0.4) is 0 Å². The Bertz CT molecular complexity index is 956. The van der Waals surface area contributed by atoms with E-state index >= 15 is 0 Å². The van der Waals surface area contributed by atoms with Gasteiger partial charge in [0, 0.05) is 19.2 Å². The number of nitrogens with zero attached hydrogens (tertiary/aromatic N) is 2. The highest BCUT2D eigenvalue weighted by Gasteiger charge is 2.25. The molecule has 0 heterocycles. The summed E-state index contributed by atoms with van der Waals surface area (Å²) in [7, 11) is 0. The predicted octanol–water partition coefficient (Wildman–Crippen LogP) is 4.01. The van der Waals surface area contributed by atoms with Gasteiger partial charge in [-0.2, -0.15) is 0 Å². The second-order valence-corrected chi connectivity index (χ2v) is 7.09. The lowest BCUT2D eigenvalue weighted by Crippen LogP contribution is -2.38. The molecule has 0 aromatic heterocycles. The number of carbonyl (C=O) groups excluding carboxylic acids is 1. The third kappa shape index (κ3) is 5.97. The molecule has 3 aromatic rings. The molecular weight excluding hydrogens is 394 g/mol. The number of rotatable bonds is 10. The molecule has 0 saturated carbocycles. The lowest BCUT2D eigenvalue weighted by Gasteiger charge is -2.32. The van der Waals surface area contributed by atoms with E-state index in [4.69, 9.17) is 0 Å². The number of anilines is 1. The fraction of sp³-hybridized carbons (Fsp3) is 0.208. The molecule has 2 N–H and O–H groups in total. The van der Waals surface area contributed by atoms with Gasteiger partial charge in [-0.3, -0.25) is 19.8 Å². The largest absolute Gasteiger partial charge is 0.396 e. The van der Waals surface area contributed by atoms with E-state index in [9.17, 15) is 20.0 Å². The van der Waals surface area contributed by atoms with Crippen molar-refractivity contribution in [3.63, 3.8) is 0 Å². The Balaban J connectivity index is 1.89. The molecule has 0 aliphatic rings. The Morgan fingerprint density at radius 3 is 2.03 bits per heavy atom. The van der Waals surface area contributed by atoms with E-state index in [1.54, 1.807) is 12.1 Å². The molecule has 0 unspecified atom stereocenters. The van der Waals surface area contributed by atoms with Crippen molar-refractivity contribution < 1.29 is 14.8 Å². The molecule has 0 saturated heterocycles. The van der Waals surface area contributed by atoms with Crippen molar-refractivity contribution in [2.45, 2.75) is 12.5 Å². The standard InChI is InChI=1S/C24H25N3O4/c28-17-9-16-26(18-23(29)25-21-14-7-8-15-22(21)27(30)31)24(19-10-3-1-4-11-19)20-12-5-2-6-13-20/h1-8,10-15,24,28H,9,16-18H2,(H,25,29). The molecule has 0 atom stereocenters. The normalized spacial score (nSPS) is 10.9. The van der Waals surface area contributed by atoms with Crippen LogP contribution in [0.1, 0.15) is 23.6 Å². The smallest absolute Gasteiger partial charge is 0.292 e. The lowest BCUT2D eigenvalue weighted by molar-refractivity contribution is -0.383. The third-order valence-electron chi connectivity index (χ3n) is 4.92. The second-order valence-electron chi connectivity index (χ2n) is 7.09. The summed E-state index contributed by atoms with van der Waals surface area (Å²) < 4.78 is 0. The van der Waals surface area contributed by atoms with Crippen LogP contribution in [-0.4, -0.2) is 40.5 Å². The quantitative estimate of drug-likeness (QED) is 0.382. The average Bonchev–Trinajstić information content (AvgIpc) is 2.79. The van der Waals surface area contributed by atoms with Crippen molar-refractivity contribution in [3.8, 4) is 0 Å². The van der Waals surface area contributed by atoms with Gasteiger partial charge in [0.1, 0.15) is 5.69 Å². The Hall–Kier alpha value is -3.55. The number of nitro benzene ring substituents is 1. The number of nitrogens with one attached hydrogen (secondary N) is 1. The summed E-state index contributed by atoms with van der Waals surface area (Å²) in [4.78, 5) is 25.6. The molecule has 31 heavy (non-hydrogen) atoms. The first kappa shape index (κ1) is 22.1. The number of nitro groups is 1. The summed E-state index contributed by atoms with van der Waals surface area (Å²) >= 11 is 0.